The van der Waals surface area contributed by atoms with Crippen molar-refractivity contribution in [2.45, 2.75) is 30.0 Å². The Bertz CT molecular complexity index is 1130. The highest BCUT2D eigenvalue weighted by molar-refractivity contribution is 7.89. The monoisotopic (exact) mass is 473 g/mol. The standard InChI is InChI=1S/C20H19F4N3O4S/c21-15-5-1-3-13(11-15)18(19(25)28)31-26-16-7-9-27(10-8-16)32(29,30)17-6-2-4-14(12-17)20(22,23)24/h1-6,11-12,18H,7-10H2,(H2,25,28). The molecule has 1 saturated heterocycles. The predicted octanol–water partition coefficient (Wildman–Crippen LogP) is 3.23. The summed E-state index contributed by atoms with van der Waals surface area (Å²) in [5.74, 6) is -1.47. The zero-order valence-corrected chi connectivity index (χ0v) is 17.4. The summed E-state index contributed by atoms with van der Waals surface area (Å²) in [5, 5.41) is 3.87. The lowest BCUT2D eigenvalue weighted by Gasteiger charge is -2.27. The third-order valence-corrected chi connectivity index (χ3v) is 6.69. The minimum atomic E-state index is -4.66. The molecule has 2 N–H and O–H groups in total. The number of primary amides is 1. The number of carbonyl (C=O) groups is 1. The van der Waals surface area contributed by atoms with E-state index in [1.807, 2.05) is 0 Å². The fraction of sp³-hybridized carbons (Fsp3) is 0.300. The molecule has 0 saturated carbocycles. The number of hydrogen-bond acceptors (Lipinski definition) is 5. The van der Waals surface area contributed by atoms with E-state index in [1.54, 1.807) is 0 Å². The van der Waals surface area contributed by atoms with E-state index in [2.05, 4.69) is 5.16 Å². The van der Waals surface area contributed by atoms with Crippen molar-refractivity contribution in [2.24, 2.45) is 10.9 Å². The van der Waals surface area contributed by atoms with E-state index in [1.165, 1.54) is 18.2 Å². The number of sulfonamides is 1. The van der Waals surface area contributed by atoms with Crippen molar-refractivity contribution < 1.29 is 35.6 Å². The third kappa shape index (κ3) is 5.43. The lowest BCUT2D eigenvalue weighted by Crippen LogP contribution is -2.38. The summed E-state index contributed by atoms with van der Waals surface area (Å²) in [6.07, 6.45) is -5.73. The maximum atomic E-state index is 13.4. The second-order valence-corrected chi connectivity index (χ2v) is 8.97. The number of nitrogens with zero attached hydrogens (tertiary/aromatic N) is 2. The zero-order valence-electron chi connectivity index (χ0n) is 16.5. The van der Waals surface area contributed by atoms with Crippen molar-refractivity contribution in [2.75, 3.05) is 13.1 Å². The number of alkyl halides is 3. The largest absolute Gasteiger partial charge is 0.416 e. The first-order valence-corrected chi connectivity index (χ1v) is 10.9. The number of nitrogens with two attached hydrogens (primary N) is 1. The van der Waals surface area contributed by atoms with Crippen LogP contribution >= 0.6 is 0 Å². The Labute approximate surface area is 181 Å². The average Bonchev–Trinajstić information content (AvgIpc) is 2.73. The van der Waals surface area contributed by atoms with Crippen molar-refractivity contribution in [1.82, 2.24) is 4.31 Å². The van der Waals surface area contributed by atoms with Crippen LogP contribution < -0.4 is 5.73 Å². The number of oxime groups is 1. The van der Waals surface area contributed by atoms with Gasteiger partial charge in [0.25, 0.3) is 5.91 Å². The van der Waals surface area contributed by atoms with Gasteiger partial charge in [-0.2, -0.15) is 17.5 Å². The highest BCUT2D eigenvalue weighted by atomic mass is 32.2. The molecule has 7 nitrogen and oxygen atoms in total. The van der Waals surface area contributed by atoms with E-state index in [0.717, 1.165) is 28.6 Å². The van der Waals surface area contributed by atoms with Gasteiger partial charge in [0, 0.05) is 31.5 Å². The van der Waals surface area contributed by atoms with E-state index in [0.29, 0.717) is 11.8 Å². The lowest BCUT2D eigenvalue weighted by atomic mass is 10.1. The van der Waals surface area contributed by atoms with Gasteiger partial charge in [-0.25, -0.2) is 12.8 Å². The second-order valence-electron chi connectivity index (χ2n) is 7.03. The molecule has 1 aliphatic rings. The Kier molecular flexibility index (Phi) is 6.84. The van der Waals surface area contributed by atoms with Gasteiger partial charge in [0.15, 0.2) is 0 Å². The molecule has 1 aliphatic heterocycles. The SMILES string of the molecule is NC(=O)C(ON=C1CCN(S(=O)(=O)c2cccc(C(F)(F)F)c2)CC1)c1cccc(F)c1. The molecule has 1 amide bonds. The van der Waals surface area contributed by atoms with Gasteiger partial charge in [-0.15, -0.1) is 0 Å². The molecule has 1 atom stereocenters. The summed E-state index contributed by atoms with van der Waals surface area (Å²) >= 11 is 0. The fourth-order valence-electron chi connectivity index (χ4n) is 3.13. The van der Waals surface area contributed by atoms with Gasteiger partial charge in [-0.05, 0) is 30.3 Å². The molecule has 0 aromatic heterocycles. The van der Waals surface area contributed by atoms with Crippen LogP contribution in [-0.2, 0) is 25.8 Å². The molecule has 1 fully saturated rings. The van der Waals surface area contributed by atoms with Crippen LogP contribution in [0.25, 0.3) is 0 Å². The Morgan fingerprint density at radius 2 is 1.75 bits per heavy atom. The first kappa shape index (κ1) is 23.7. The normalized spacial score (nSPS) is 16.4. The van der Waals surface area contributed by atoms with E-state index in [9.17, 15) is 30.8 Å². The van der Waals surface area contributed by atoms with E-state index < -0.39 is 44.5 Å². The topological polar surface area (TPSA) is 102 Å². The Morgan fingerprint density at radius 3 is 2.34 bits per heavy atom. The molecule has 2 aromatic carbocycles. The van der Waals surface area contributed by atoms with E-state index in [-0.39, 0.29) is 31.5 Å². The molecule has 3 rings (SSSR count). The summed E-state index contributed by atoms with van der Waals surface area (Å²) in [5.41, 5.74) is 4.85. The number of piperidine rings is 1. The molecule has 0 bridgehead atoms. The molecule has 0 radical (unpaired) electrons. The zero-order chi connectivity index (χ0) is 23.5. The van der Waals surface area contributed by atoms with Gasteiger partial charge < -0.3 is 10.6 Å². The first-order chi connectivity index (χ1) is 15.0. The van der Waals surface area contributed by atoms with Gasteiger partial charge in [0.05, 0.1) is 16.2 Å². The first-order valence-electron chi connectivity index (χ1n) is 9.42. The maximum Gasteiger partial charge on any atom is 0.416 e. The third-order valence-electron chi connectivity index (χ3n) is 4.80. The van der Waals surface area contributed by atoms with Gasteiger partial charge in [0.1, 0.15) is 5.82 Å². The van der Waals surface area contributed by atoms with Crippen LogP contribution in [0.3, 0.4) is 0 Å². The van der Waals surface area contributed by atoms with E-state index >= 15 is 0 Å². The molecule has 0 aliphatic carbocycles. The minimum Gasteiger partial charge on any atom is -0.378 e. The summed E-state index contributed by atoms with van der Waals surface area (Å²) in [6, 6.07) is 8.64. The molecular formula is C20H19F4N3O4S. The molecule has 1 unspecified atom stereocenters. The minimum absolute atomic E-state index is 0.0397. The molecule has 1 heterocycles. The molecule has 2 aromatic rings. The van der Waals surface area contributed by atoms with Gasteiger partial charge in [-0.1, -0.05) is 23.4 Å². The van der Waals surface area contributed by atoms with Crippen LogP contribution in [0.2, 0.25) is 0 Å². The van der Waals surface area contributed by atoms with Crippen LogP contribution in [0.15, 0.2) is 58.6 Å². The van der Waals surface area contributed by atoms with Crippen molar-refractivity contribution in [3.8, 4) is 0 Å². The molecule has 12 heteroatoms. The van der Waals surface area contributed by atoms with Crippen LogP contribution in [-0.4, -0.2) is 37.4 Å². The second kappa shape index (κ2) is 9.25. The van der Waals surface area contributed by atoms with E-state index in [4.69, 9.17) is 10.6 Å². The molecule has 32 heavy (non-hydrogen) atoms. The quantitative estimate of drug-likeness (QED) is 0.514. The van der Waals surface area contributed by atoms with Gasteiger partial charge >= 0.3 is 6.18 Å². The van der Waals surface area contributed by atoms with Crippen LogP contribution in [0.5, 0.6) is 0 Å². The van der Waals surface area contributed by atoms with Crippen molar-refractivity contribution in [3.63, 3.8) is 0 Å². The number of amides is 1. The smallest absolute Gasteiger partial charge is 0.378 e. The Balaban J connectivity index is 1.69. The van der Waals surface area contributed by atoms with Gasteiger partial charge in [0.2, 0.25) is 16.1 Å². The van der Waals surface area contributed by atoms with Crippen LogP contribution in [0.4, 0.5) is 17.6 Å². The molecule has 172 valence electrons. The van der Waals surface area contributed by atoms with Crippen LogP contribution in [0.1, 0.15) is 30.1 Å². The molecular weight excluding hydrogens is 454 g/mol. The number of benzene rings is 2. The highest BCUT2D eigenvalue weighted by Gasteiger charge is 2.34. The maximum absolute atomic E-state index is 13.4. The highest BCUT2D eigenvalue weighted by Crippen LogP contribution is 2.31. The van der Waals surface area contributed by atoms with Crippen molar-refractivity contribution in [1.29, 1.82) is 0 Å². The summed E-state index contributed by atoms with van der Waals surface area (Å²) in [6.45, 7) is -0.0794. The molecule has 0 spiro atoms. The fourth-order valence-corrected chi connectivity index (χ4v) is 4.62. The average molecular weight is 473 g/mol. The number of carbonyl (C=O) groups excluding carboxylic acids is 1. The van der Waals surface area contributed by atoms with Crippen LogP contribution in [0, 0.1) is 5.82 Å². The Hall–Kier alpha value is -2.99. The number of rotatable bonds is 6. The number of halogens is 4. The summed E-state index contributed by atoms with van der Waals surface area (Å²) < 4.78 is 78.7. The summed E-state index contributed by atoms with van der Waals surface area (Å²) in [7, 11) is -4.14. The predicted molar refractivity (Wildman–Crippen MR) is 106 cm³/mol. The Morgan fingerprint density at radius 1 is 1.09 bits per heavy atom. The van der Waals surface area contributed by atoms with Crippen molar-refractivity contribution >= 4 is 21.6 Å². The number of hydrogen-bond donors (Lipinski definition) is 1. The summed E-state index contributed by atoms with van der Waals surface area (Å²) in [4.78, 5) is 16.4. The van der Waals surface area contributed by atoms with Gasteiger partial charge in [-0.3, -0.25) is 4.79 Å². The van der Waals surface area contributed by atoms with Crippen molar-refractivity contribution in [3.05, 3.63) is 65.5 Å². The lowest BCUT2D eigenvalue weighted by molar-refractivity contribution is -0.137.